The molecule has 0 atom stereocenters. The van der Waals surface area contributed by atoms with Crippen molar-refractivity contribution in [2.75, 3.05) is 7.05 Å². The number of carbonyl (C=O) groups excluding carboxylic acids is 1. The van der Waals surface area contributed by atoms with Crippen LogP contribution >= 0.6 is 22.9 Å². The van der Waals surface area contributed by atoms with Gasteiger partial charge in [0.05, 0.1) is 11.9 Å². The van der Waals surface area contributed by atoms with Crippen molar-refractivity contribution in [3.8, 4) is 5.75 Å². The molecule has 0 aliphatic carbocycles. The van der Waals surface area contributed by atoms with Crippen molar-refractivity contribution in [1.82, 2.24) is 19.7 Å². The number of amides is 1. The maximum Gasteiger partial charge on any atom is 0.265 e. The summed E-state index contributed by atoms with van der Waals surface area (Å²) in [4.78, 5) is 19.5. The summed E-state index contributed by atoms with van der Waals surface area (Å²) in [5, 5.41) is 5.55. The van der Waals surface area contributed by atoms with Gasteiger partial charge in [0.2, 0.25) is 0 Å². The fourth-order valence-electron chi connectivity index (χ4n) is 2.46. The number of carbonyl (C=O) groups is 1. The van der Waals surface area contributed by atoms with Crippen molar-refractivity contribution in [3.63, 3.8) is 0 Å². The Hall–Kier alpha value is -2.38. The van der Waals surface area contributed by atoms with Crippen molar-refractivity contribution in [1.29, 1.82) is 0 Å². The fourth-order valence-corrected chi connectivity index (χ4v) is 3.56. The lowest BCUT2D eigenvalue weighted by Crippen LogP contribution is -2.25. The molecule has 0 saturated carbocycles. The van der Waals surface area contributed by atoms with E-state index in [2.05, 4.69) is 10.1 Å². The Morgan fingerprint density at radius 2 is 2.08 bits per heavy atom. The zero-order chi connectivity index (χ0) is 18.7. The quantitative estimate of drug-likeness (QED) is 0.644. The molecule has 0 unspecified atom stereocenters. The molecular formula is C18H19ClN4O2S. The summed E-state index contributed by atoms with van der Waals surface area (Å²) in [5.41, 5.74) is 1.70. The molecule has 3 aromatic rings. The van der Waals surface area contributed by atoms with E-state index in [0.29, 0.717) is 34.5 Å². The Kier molecular flexibility index (Phi) is 5.58. The van der Waals surface area contributed by atoms with Crippen molar-refractivity contribution >= 4 is 28.8 Å². The molecule has 3 rings (SSSR count). The molecule has 0 radical (unpaired) electrons. The lowest BCUT2D eigenvalue weighted by atomic mass is 10.3. The average Bonchev–Trinajstić information content (AvgIpc) is 3.19. The second-order valence-corrected chi connectivity index (χ2v) is 7.47. The van der Waals surface area contributed by atoms with Crippen molar-refractivity contribution < 1.29 is 9.53 Å². The molecule has 6 nitrogen and oxygen atoms in total. The summed E-state index contributed by atoms with van der Waals surface area (Å²) in [5.74, 6) is 0.658. The van der Waals surface area contributed by atoms with Crippen molar-refractivity contribution in [3.05, 3.63) is 62.8 Å². The molecule has 0 bridgehead atoms. The summed E-state index contributed by atoms with van der Waals surface area (Å²) < 4.78 is 7.43. The van der Waals surface area contributed by atoms with Gasteiger partial charge in [-0.15, -0.1) is 11.3 Å². The predicted molar refractivity (Wildman–Crippen MR) is 102 cm³/mol. The highest BCUT2D eigenvalue weighted by atomic mass is 35.5. The molecule has 8 heteroatoms. The third-order valence-electron chi connectivity index (χ3n) is 3.74. The number of thiazole rings is 1. The first kappa shape index (κ1) is 18.4. The number of benzene rings is 1. The number of rotatable bonds is 6. The highest BCUT2D eigenvalue weighted by molar-refractivity contribution is 7.13. The maximum atomic E-state index is 12.7. The molecule has 2 heterocycles. The highest BCUT2D eigenvalue weighted by Gasteiger charge is 2.19. The van der Waals surface area contributed by atoms with Gasteiger partial charge in [-0.1, -0.05) is 11.6 Å². The minimum atomic E-state index is -0.0541. The normalized spacial score (nSPS) is 10.8. The second-order valence-electron chi connectivity index (χ2n) is 5.95. The van der Waals surface area contributed by atoms with Gasteiger partial charge in [-0.2, -0.15) is 5.10 Å². The van der Waals surface area contributed by atoms with Gasteiger partial charge in [-0.25, -0.2) is 4.98 Å². The van der Waals surface area contributed by atoms with E-state index in [1.54, 1.807) is 47.1 Å². The Labute approximate surface area is 161 Å². The number of hydrogen-bond donors (Lipinski definition) is 0. The summed E-state index contributed by atoms with van der Waals surface area (Å²) >= 11 is 7.22. The van der Waals surface area contributed by atoms with E-state index < -0.39 is 0 Å². The van der Waals surface area contributed by atoms with Crippen LogP contribution in [-0.2, 0) is 20.2 Å². The lowest BCUT2D eigenvalue weighted by Gasteiger charge is -2.15. The first-order valence-corrected chi connectivity index (χ1v) is 9.19. The van der Waals surface area contributed by atoms with E-state index in [0.717, 1.165) is 10.6 Å². The molecule has 26 heavy (non-hydrogen) atoms. The number of ether oxygens (including phenoxy) is 1. The molecule has 2 aromatic heterocycles. The molecule has 0 N–H and O–H groups in total. The van der Waals surface area contributed by atoms with Gasteiger partial charge >= 0.3 is 0 Å². The first-order chi connectivity index (χ1) is 12.4. The average molecular weight is 391 g/mol. The standard InChI is InChI=1S/C18H19ClN4O2S/c1-12-17(18(24)22(2)9-13-8-20-23(3)10-13)26-16(21-12)11-25-15-6-4-14(19)5-7-15/h4-8,10H,9,11H2,1-3H3. The molecule has 1 amide bonds. The SMILES string of the molecule is Cc1nc(COc2ccc(Cl)cc2)sc1C(=O)N(C)Cc1cnn(C)c1. The summed E-state index contributed by atoms with van der Waals surface area (Å²) in [7, 11) is 3.63. The van der Waals surface area contributed by atoms with Gasteiger partial charge < -0.3 is 9.64 Å². The van der Waals surface area contributed by atoms with Crippen LogP contribution in [0.1, 0.15) is 25.9 Å². The topological polar surface area (TPSA) is 60.2 Å². The molecular weight excluding hydrogens is 372 g/mol. The van der Waals surface area contributed by atoms with Crippen LogP contribution in [0.5, 0.6) is 5.75 Å². The van der Waals surface area contributed by atoms with Crippen molar-refractivity contribution in [2.24, 2.45) is 7.05 Å². The second kappa shape index (κ2) is 7.88. The molecule has 1 aromatic carbocycles. The smallest absolute Gasteiger partial charge is 0.265 e. The van der Waals surface area contributed by atoms with E-state index in [1.807, 2.05) is 20.2 Å². The molecule has 0 aliphatic heterocycles. The minimum Gasteiger partial charge on any atom is -0.486 e. The molecule has 136 valence electrons. The van der Waals surface area contributed by atoms with Gasteiger partial charge in [0.25, 0.3) is 5.91 Å². The van der Waals surface area contributed by atoms with Crippen LogP contribution in [0.15, 0.2) is 36.7 Å². The van der Waals surface area contributed by atoms with Crippen LogP contribution < -0.4 is 4.74 Å². The van der Waals surface area contributed by atoms with Crippen LogP contribution in [0.2, 0.25) is 5.02 Å². The Morgan fingerprint density at radius 1 is 1.35 bits per heavy atom. The molecule has 0 aliphatic rings. The number of aromatic nitrogens is 3. The summed E-state index contributed by atoms with van der Waals surface area (Å²) in [6, 6.07) is 7.14. The van der Waals surface area contributed by atoms with Crippen LogP contribution in [0.4, 0.5) is 0 Å². The van der Waals surface area contributed by atoms with E-state index in [9.17, 15) is 4.79 Å². The zero-order valence-electron chi connectivity index (χ0n) is 14.8. The largest absolute Gasteiger partial charge is 0.486 e. The van der Waals surface area contributed by atoms with E-state index in [-0.39, 0.29) is 5.91 Å². The first-order valence-electron chi connectivity index (χ1n) is 8.00. The Balaban J connectivity index is 1.64. The van der Waals surface area contributed by atoms with E-state index in [4.69, 9.17) is 16.3 Å². The molecule has 0 saturated heterocycles. The fraction of sp³-hybridized carbons (Fsp3) is 0.278. The van der Waals surface area contributed by atoms with E-state index in [1.165, 1.54) is 11.3 Å². The van der Waals surface area contributed by atoms with Gasteiger partial charge in [-0.05, 0) is 31.2 Å². The molecule has 0 spiro atoms. The lowest BCUT2D eigenvalue weighted by molar-refractivity contribution is 0.0789. The van der Waals surface area contributed by atoms with Crippen LogP contribution in [0.3, 0.4) is 0 Å². The Bertz CT molecular complexity index is 904. The zero-order valence-corrected chi connectivity index (χ0v) is 16.3. The number of aryl methyl sites for hydroxylation is 2. The molecule has 0 fully saturated rings. The Morgan fingerprint density at radius 3 is 2.73 bits per heavy atom. The van der Waals surface area contributed by atoms with Crippen LogP contribution in [0, 0.1) is 6.92 Å². The van der Waals surface area contributed by atoms with E-state index >= 15 is 0 Å². The maximum absolute atomic E-state index is 12.7. The minimum absolute atomic E-state index is 0.0541. The summed E-state index contributed by atoms with van der Waals surface area (Å²) in [6.07, 6.45) is 3.66. The van der Waals surface area contributed by atoms with Gasteiger partial charge in [-0.3, -0.25) is 9.48 Å². The third-order valence-corrected chi connectivity index (χ3v) is 5.11. The van der Waals surface area contributed by atoms with Gasteiger partial charge in [0.15, 0.2) is 0 Å². The van der Waals surface area contributed by atoms with Gasteiger partial charge in [0, 0.05) is 37.4 Å². The predicted octanol–water partition coefficient (Wildman–Crippen LogP) is 3.69. The highest BCUT2D eigenvalue weighted by Crippen LogP contribution is 2.23. The van der Waals surface area contributed by atoms with Crippen molar-refractivity contribution in [2.45, 2.75) is 20.1 Å². The third kappa shape index (κ3) is 4.42. The van der Waals surface area contributed by atoms with Gasteiger partial charge in [0.1, 0.15) is 22.2 Å². The number of halogens is 1. The van der Waals surface area contributed by atoms with Crippen LogP contribution in [-0.4, -0.2) is 32.6 Å². The monoisotopic (exact) mass is 390 g/mol. The van der Waals surface area contributed by atoms with Crippen LogP contribution in [0.25, 0.3) is 0 Å². The summed E-state index contributed by atoms with van der Waals surface area (Å²) in [6.45, 7) is 2.65. The number of hydrogen-bond acceptors (Lipinski definition) is 5. The number of nitrogens with zero attached hydrogens (tertiary/aromatic N) is 4.